The lowest BCUT2D eigenvalue weighted by atomic mass is 9.78. The van der Waals surface area contributed by atoms with Crippen molar-refractivity contribution in [2.24, 2.45) is 11.7 Å². The van der Waals surface area contributed by atoms with E-state index < -0.39 is 23.6 Å². The van der Waals surface area contributed by atoms with Crippen molar-refractivity contribution in [2.75, 3.05) is 0 Å². The van der Waals surface area contributed by atoms with Gasteiger partial charge in [0.1, 0.15) is 0 Å². The molecule has 1 fully saturated rings. The first-order valence-electron chi connectivity index (χ1n) is 6.95. The summed E-state index contributed by atoms with van der Waals surface area (Å²) in [6, 6.07) is 0. The number of alkyl halides is 3. The number of hydrogen-bond donors (Lipinski definition) is 1. The molecule has 2 N–H and O–H groups in total. The molecule has 0 saturated heterocycles. The molecule has 0 aliphatic heterocycles. The van der Waals surface area contributed by atoms with Crippen LogP contribution in [-0.2, 0) is 5.54 Å². The summed E-state index contributed by atoms with van der Waals surface area (Å²) >= 11 is 0. The lowest BCUT2D eigenvalue weighted by molar-refractivity contribution is -0.189. The maximum absolute atomic E-state index is 13.1. The van der Waals surface area contributed by atoms with Crippen molar-refractivity contribution in [2.45, 2.75) is 63.6 Å². The Labute approximate surface area is 115 Å². The molecule has 3 unspecified atom stereocenters. The number of aromatic nitrogens is 2. The molecule has 1 heterocycles. The molecule has 2 rings (SSSR count). The second kappa shape index (κ2) is 5.35. The van der Waals surface area contributed by atoms with Crippen molar-refractivity contribution in [3.05, 3.63) is 11.7 Å². The van der Waals surface area contributed by atoms with Gasteiger partial charge in [0.05, 0.1) is 11.5 Å². The molecule has 114 valence electrons. The highest BCUT2D eigenvalue weighted by atomic mass is 19.4. The van der Waals surface area contributed by atoms with E-state index in [1.54, 1.807) is 6.92 Å². The Balaban J connectivity index is 2.25. The Kier molecular flexibility index (Phi) is 4.09. The van der Waals surface area contributed by atoms with Crippen molar-refractivity contribution in [1.82, 2.24) is 10.1 Å². The lowest BCUT2D eigenvalue weighted by Crippen LogP contribution is -2.34. The Hall–Kier alpha value is -1.11. The predicted molar refractivity (Wildman–Crippen MR) is 66.9 cm³/mol. The monoisotopic (exact) mass is 291 g/mol. The van der Waals surface area contributed by atoms with Crippen LogP contribution in [0.15, 0.2) is 4.52 Å². The summed E-state index contributed by atoms with van der Waals surface area (Å²) in [6.45, 7) is 3.61. The van der Waals surface area contributed by atoms with Gasteiger partial charge in [-0.15, -0.1) is 0 Å². The summed E-state index contributed by atoms with van der Waals surface area (Å²) in [6.07, 6.45) is -1.75. The normalized spacial score (nSPS) is 27.3. The van der Waals surface area contributed by atoms with Crippen LogP contribution in [0.25, 0.3) is 0 Å². The zero-order valence-corrected chi connectivity index (χ0v) is 11.7. The number of halogens is 3. The third-order valence-corrected chi connectivity index (χ3v) is 4.19. The lowest BCUT2D eigenvalue weighted by Gasteiger charge is -2.30. The molecule has 0 radical (unpaired) electrons. The van der Waals surface area contributed by atoms with E-state index in [1.807, 2.05) is 6.92 Å². The van der Waals surface area contributed by atoms with Gasteiger partial charge in [0.15, 0.2) is 5.82 Å². The standard InChI is InChI=1S/C13H20F3N3O/c1-3-12(2,17)11-18-10(20-19-11)8-6-4-5-7-9(8)13(14,15)16/h8-9H,3-7,17H2,1-2H3. The average molecular weight is 291 g/mol. The molecule has 4 nitrogen and oxygen atoms in total. The van der Waals surface area contributed by atoms with Crippen molar-refractivity contribution in [1.29, 1.82) is 0 Å². The van der Waals surface area contributed by atoms with Gasteiger partial charge in [-0.05, 0) is 26.2 Å². The van der Waals surface area contributed by atoms with Crippen LogP contribution < -0.4 is 5.73 Å². The fourth-order valence-corrected chi connectivity index (χ4v) is 2.59. The SMILES string of the molecule is CCC(C)(N)c1noc(C2CCCCC2C(F)(F)F)n1. The van der Waals surface area contributed by atoms with Crippen LogP contribution in [0.3, 0.4) is 0 Å². The highest BCUT2D eigenvalue weighted by Gasteiger charge is 2.48. The van der Waals surface area contributed by atoms with Crippen molar-refractivity contribution in [3.63, 3.8) is 0 Å². The predicted octanol–water partition coefficient (Wildman–Crippen LogP) is 3.49. The molecule has 20 heavy (non-hydrogen) atoms. The minimum atomic E-state index is -4.23. The molecule has 1 aromatic rings. The number of hydrogen-bond acceptors (Lipinski definition) is 4. The fraction of sp³-hybridized carbons (Fsp3) is 0.846. The first-order valence-corrected chi connectivity index (χ1v) is 6.95. The zero-order valence-electron chi connectivity index (χ0n) is 11.7. The molecular weight excluding hydrogens is 271 g/mol. The number of rotatable bonds is 3. The number of nitrogens with zero attached hydrogens (tertiary/aromatic N) is 2. The Morgan fingerprint density at radius 2 is 1.95 bits per heavy atom. The van der Waals surface area contributed by atoms with Gasteiger partial charge in [0.2, 0.25) is 5.89 Å². The van der Waals surface area contributed by atoms with Gasteiger partial charge in [0, 0.05) is 5.92 Å². The van der Waals surface area contributed by atoms with E-state index in [-0.39, 0.29) is 18.1 Å². The van der Waals surface area contributed by atoms with Gasteiger partial charge < -0.3 is 10.3 Å². The second-order valence-electron chi connectivity index (χ2n) is 5.77. The largest absolute Gasteiger partial charge is 0.392 e. The Morgan fingerprint density at radius 1 is 1.30 bits per heavy atom. The summed E-state index contributed by atoms with van der Waals surface area (Å²) in [5.74, 6) is -1.78. The van der Waals surface area contributed by atoms with E-state index in [9.17, 15) is 13.2 Å². The first kappa shape index (κ1) is 15.3. The van der Waals surface area contributed by atoms with Gasteiger partial charge in [-0.1, -0.05) is 24.9 Å². The Bertz CT molecular complexity index is 456. The fourth-order valence-electron chi connectivity index (χ4n) is 2.59. The quantitative estimate of drug-likeness (QED) is 0.925. The maximum atomic E-state index is 13.1. The van der Waals surface area contributed by atoms with Gasteiger partial charge >= 0.3 is 6.18 Å². The molecule has 1 aliphatic rings. The van der Waals surface area contributed by atoms with E-state index in [2.05, 4.69) is 10.1 Å². The minimum absolute atomic E-state index is 0.0761. The molecule has 7 heteroatoms. The second-order valence-corrected chi connectivity index (χ2v) is 5.77. The smallest absolute Gasteiger partial charge is 0.339 e. The van der Waals surface area contributed by atoms with E-state index in [0.29, 0.717) is 19.3 Å². The van der Waals surface area contributed by atoms with E-state index in [1.165, 1.54) is 0 Å². The molecule has 0 bridgehead atoms. The highest BCUT2D eigenvalue weighted by molar-refractivity contribution is 5.06. The third-order valence-electron chi connectivity index (χ3n) is 4.19. The maximum Gasteiger partial charge on any atom is 0.392 e. The minimum Gasteiger partial charge on any atom is -0.339 e. The van der Waals surface area contributed by atoms with Crippen molar-refractivity contribution < 1.29 is 17.7 Å². The molecule has 0 aromatic carbocycles. The molecule has 1 aromatic heterocycles. The molecule has 3 atom stereocenters. The molecule has 0 spiro atoms. The van der Waals surface area contributed by atoms with Crippen LogP contribution in [0, 0.1) is 5.92 Å². The number of nitrogens with two attached hydrogens (primary N) is 1. The summed E-state index contributed by atoms with van der Waals surface area (Å²) < 4.78 is 44.3. The van der Waals surface area contributed by atoms with Crippen LogP contribution in [0.5, 0.6) is 0 Å². The van der Waals surface area contributed by atoms with Crippen LogP contribution in [0.4, 0.5) is 13.2 Å². The van der Waals surface area contributed by atoms with Crippen molar-refractivity contribution in [3.8, 4) is 0 Å². The van der Waals surface area contributed by atoms with Gasteiger partial charge in [-0.25, -0.2) is 0 Å². The average Bonchev–Trinajstić information content (AvgIpc) is 2.88. The van der Waals surface area contributed by atoms with Gasteiger partial charge in [-0.2, -0.15) is 18.2 Å². The Morgan fingerprint density at radius 3 is 2.55 bits per heavy atom. The summed E-state index contributed by atoms with van der Waals surface area (Å²) in [7, 11) is 0. The van der Waals surface area contributed by atoms with Crippen LogP contribution in [-0.4, -0.2) is 16.3 Å². The summed E-state index contributed by atoms with van der Waals surface area (Å²) in [5, 5.41) is 3.77. The van der Waals surface area contributed by atoms with Crippen LogP contribution >= 0.6 is 0 Å². The van der Waals surface area contributed by atoms with E-state index >= 15 is 0 Å². The van der Waals surface area contributed by atoms with Crippen LogP contribution in [0.2, 0.25) is 0 Å². The summed E-state index contributed by atoms with van der Waals surface area (Å²) in [5.41, 5.74) is 5.22. The van der Waals surface area contributed by atoms with Gasteiger partial charge in [0.25, 0.3) is 0 Å². The highest BCUT2D eigenvalue weighted by Crippen LogP contribution is 2.46. The zero-order chi connectivity index (χ0) is 15.0. The van der Waals surface area contributed by atoms with E-state index in [0.717, 1.165) is 6.42 Å². The van der Waals surface area contributed by atoms with E-state index in [4.69, 9.17) is 10.3 Å². The summed E-state index contributed by atoms with van der Waals surface area (Å²) in [4.78, 5) is 4.14. The molecule has 0 amide bonds. The molecule has 1 aliphatic carbocycles. The van der Waals surface area contributed by atoms with Gasteiger partial charge in [-0.3, -0.25) is 0 Å². The third kappa shape index (κ3) is 2.97. The molecule has 1 saturated carbocycles. The first-order chi connectivity index (χ1) is 9.25. The topological polar surface area (TPSA) is 64.9 Å². The molecular formula is C13H20F3N3O. The van der Waals surface area contributed by atoms with Crippen molar-refractivity contribution >= 4 is 0 Å². The van der Waals surface area contributed by atoms with Crippen LogP contribution in [0.1, 0.15) is 63.6 Å².